The summed E-state index contributed by atoms with van der Waals surface area (Å²) in [7, 11) is 0. The molecular formula is C18H24N2O2. The van der Waals surface area contributed by atoms with Crippen LogP contribution < -0.4 is 4.74 Å². The van der Waals surface area contributed by atoms with Crippen LogP contribution in [0.4, 0.5) is 0 Å². The normalized spacial score (nSPS) is 12.3. The van der Waals surface area contributed by atoms with Crippen molar-refractivity contribution in [2.75, 3.05) is 26.2 Å². The number of hydrogen-bond donors (Lipinski definition) is 1. The summed E-state index contributed by atoms with van der Waals surface area (Å²) in [6.45, 7) is 4.80. The van der Waals surface area contributed by atoms with Crippen molar-refractivity contribution < 1.29 is 9.84 Å². The molecule has 0 aliphatic rings. The maximum Gasteiger partial charge on any atom is 0.119 e. The minimum absolute atomic E-state index is 0.310. The number of ether oxygens (including phenoxy) is 1. The molecule has 0 saturated heterocycles. The van der Waals surface area contributed by atoms with Crippen molar-refractivity contribution in [2.45, 2.75) is 19.4 Å². The van der Waals surface area contributed by atoms with Gasteiger partial charge in [-0.3, -0.25) is 4.98 Å². The summed E-state index contributed by atoms with van der Waals surface area (Å²) >= 11 is 0. The van der Waals surface area contributed by atoms with Crippen molar-refractivity contribution in [3.63, 3.8) is 0 Å². The molecule has 0 saturated carbocycles. The minimum Gasteiger partial charge on any atom is -0.491 e. The van der Waals surface area contributed by atoms with E-state index < -0.39 is 6.10 Å². The minimum atomic E-state index is -0.496. The first-order valence-electron chi connectivity index (χ1n) is 7.76. The predicted octanol–water partition coefficient (Wildman–Crippen LogP) is 2.39. The van der Waals surface area contributed by atoms with Crippen LogP contribution in [0.5, 0.6) is 5.75 Å². The summed E-state index contributed by atoms with van der Waals surface area (Å²) in [5.74, 6) is 0.790. The fourth-order valence-corrected chi connectivity index (χ4v) is 2.26. The van der Waals surface area contributed by atoms with Gasteiger partial charge in [0, 0.05) is 31.4 Å². The quantitative estimate of drug-likeness (QED) is 0.772. The Hall–Kier alpha value is -1.91. The second kappa shape index (κ2) is 9.18. The van der Waals surface area contributed by atoms with Crippen LogP contribution in [0.1, 0.15) is 12.6 Å². The number of pyridine rings is 1. The second-order valence-corrected chi connectivity index (χ2v) is 5.24. The smallest absolute Gasteiger partial charge is 0.119 e. The summed E-state index contributed by atoms with van der Waals surface area (Å²) in [5, 5.41) is 10.1. The van der Waals surface area contributed by atoms with Crippen LogP contribution in [0.25, 0.3) is 0 Å². The molecule has 0 radical (unpaired) electrons. The second-order valence-electron chi connectivity index (χ2n) is 5.24. The Balaban J connectivity index is 1.72. The van der Waals surface area contributed by atoms with E-state index in [1.807, 2.05) is 54.7 Å². The Morgan fingerprint density at radius 2 is 1.91 bits per heavy atom. The number of aromatic nitrogens is 1. The van der Waals surface area contributed by atoms with Crippen molar-refractivity contribution in [2.24, 2.45) is 0 Å². The zero-order chi connectivity index (χ0) is 15.6. The van der Waals surface area contributed by atoms with Crippen molar-refractivity contribution in [1.29, 1.82) is 0 Å². The molecule has 1 aromatic heterocycles. The van der Waals surface area contributed by atoms with E-state index in [0.29, 0.717) is 13.2 Å². The molecule has 0 aliphatic carbocycles. The number of aliphatic hydroxyl groups is 1. The molecular weight excluding hydrogens is 276 g/mol. The van der Waals surface area contributed by atoms with E-state index >= 15 is 0 Å². The number of hydrogen-bond acceptors (Lipinski definition) is 4. The molecule has 1 N–H and O–H groups in total. The lowest BCUT2D eigenvalue weighted by Crippen LogP contribution is -2.36. The van der Waals surface area contributed by atoms with Gasteiger partial charge >= 0.3 is 0 Å². The molecule has 0 bridgehead atoms. The first-order chi connectivity index (χ1) is 10.8. The molecule has 1 heterocycles. The Morgan fingerprint density at radius 1 is 1.14 bits per heavy atom. The molecule has 1 atom stereocenters. The zero-order valence-electron chi connectivity index (χ0n) is 13.1. The van der Waals surface area contributed by atoms with Gasteiger partial charge in [0.1, 0.15) is 18.5 Å². The molecule has 4 nitrogen and oxygen atoms in total. The van der Waals surface area contributed by atoms with Gasteiger partial charge in [0.05, 0.1) is 0 Å². The first kappa shape index (κ1) is 16.5. The Kier molecular flexibility index (Phi) is 6.87. The first-order valence-corrected chi connectivity index (χ1v) is 7.76. The van der Waals surface area contributed by atoms with Gasteiger partial charge in [-0.2, -0.15) is 0 Å². The maximum atomic E-state index is 10.1. The van der Waals surface area contributed by atoms with Gasteiger partial charge in [-0.25, -0.2) is 0 Å². The monoisotopic (exact) mass is 300 g/mol. The molecule has 2 rings (SSSR count). The van der Waals surface area contributed by atoms with Crippen LogP contribution >= 0.6 is 0 Å². The summed E-state index contributed by atoms with van der Waals surface area (Å²) in [6.07, 6.45) is 2.21. The van der Waals surface area contributed by atoms with Gasteiger partial charge in [-0.05, 0) is 30.8 Å². The van der Waals surface area contributed by atoms with E-state index in [-0.39, 0.29) is 0 Å². The van der Waals surface area contributed by atoms with Crippen LogP contribution in [0.15, 0.2) is 54.7 Å². The summed E-state index contributed by atoms with van der Waals surface area (Å²) < 4.78 is 5.59. The standard InChI is InChI=1S/C18H24N2O2/c1-2-20(13-11-16-8-6-7-12-19-16)14-17(21)15-22-18-9-4-3-5-10-18/h3-10,12,17,21H,2,11,13-15H2,1H3. The largest absolute Gasteiger partial charge is 0.491 e. The van der Waals surface area contributed by atoms with Crippen LogP contribution in [-0.4, -0.2) is 47.3 Å². The highest BCUT2D eigenvalue weighted by Gasteiger charge is 2.11. The highest BCUT2D eigenvalue weighted by atomic mass is 16.5. The van der Waals surface area contributed by atoms with Gasteiger partial charge in [0.2, 0.25) is 0 Å². The average molecular weight is 300 g/mol. The zero-order valence-corrected chi connectivity index (χ0v) is 13.1. The van der Waals surface area contributed by atoms with E-state index in [2.05, 4.69) is 16.8 Å². The maximum absolute atomic E-state index is 10.1. The molecule has 22 heavy (non-hydrogen) atoms. The van der Waals surface area contributed by atoms with E-state index in [1.54, 1.807) is 0 Å². The summed E-state index contributed by atoms with van der Waals surface area (Å²) in [4.78, 5) is 6.54. The van der Waals surface area contributed by atoms with E-state index in [9.17, 15) is 5.11 Å². The molecule has 0 spiro atoms. The average Bonchev–Trinajstić information content (AvgIpc) is 2.58. The van der Waals surface area contributed by atoms with Crippen molar-refractivity contribution in [3.8, 4) is 5.75 Å². The number of nitrogens with zero attached hydrogens (tertiary/aromatic N) is 2. The topological polar surface area (TPSA) is 45.6 Å². The molecule has 0 aliphatic heterocycles. The lowest BCUT2D eigenvalue weighted by atomic mass is 10.2. The fraction of sp³-hybridized carbons (Fsp3) is 0.389. The molecule has 0 amide bonds. The Bertz CT molecular complexity index is 519. The fourth-order valence-electron chi connectivity index (χ4n) is 2.26. The Labute approximate surface area is 132 Å². The van der Waals surface area contributed by atoms with Crippen LogP contribution in [0.3, 0.4) is 0 Å². The highest BCUT2D eigenvalue weighted by molar-refractivity contribution is 5.20. The molecule has 118 valence electrons. The van der Waals surface area contributed by atoms with E-state index in [1.165, 1.54) is 0 Å². The summed E-state index contributed by atoms with van der Waals surface area (Å²) in [6, 6.07) is 15.5. The third-order valence-corrected chi connectivity index (χ3v) is 3.51. The predicted molar refractivity (Wildman–Crippen MR) is 88.0 cm³/mol. The molecule has 1 unspecified atom stereocenters. The summed E-state index contributed by atoms with van der Waals surface area (Å²) in [5.41, 5.74) is 1.08. The van der Waals surface area contributed by atoms with Crippen molar-refractivity contribution >= 4 is 0 Å². The third-order valence-electron chi connectivity index (χ3n) is 3.51. The lowest BCUT2D eigenvalue weighted by Gasteiger charge is -2.23. The lowest BCUT2D eigenvalue weighted by molar-refractivity contribution is 0.0702. The molecule has 0 fully saturated rings. The number of benzene rings is 1. The van der Waals surface area contributed by atoms with E-state index in [0.717, 1.165) is 31.0 Å². The molecule has 4 heteroatoms. The van der Waals surface area contributed by atoms with Crippen LogP contribution in [0.2, 0.25) is 0 Å². The van der Waals surface area contributed by atoms with E-state index in [4.69, 9.17) is 4.74 Å². The van der Waals surface area contributed by atoms with Gasteiger partial charge in [-0.1, -0.05) is 31.2 Å². The van der Waals surface area contributed by atoms with Crippen molar-refractivity contribution in [1.82, 2.24) is 9.88 Å². The van der Waals surface area contributed by atoms with Gasteiger partial charge in [0.15, 0.2) is 0 Å². The number of likely N-dealkylation sites (N-methyl/N-ethyl adjacent to an activating group) is 1. The molecule has 1 aromatic carbocycles. The number of rotatable bonds is 9. The van der Waals surface area contributed by atoms with Crippen LogP contribution in [0, 0.1) is 0 Å². The van der Waals surface area contributed by atoms with Gasteiger partial charge in [-0.15, -0.1) is 0 Å². The van der Waals surface area contributed by atoms with Gasteiger partial charge in [0.25, 0.3) is 0 Å². The molecule has 2 aromatic rings. The van der Waals surface area contributed by atoms with Crippen LogP contribution in [-0.2, 0) is 6.42 Å². The number of para-hydroxylation sites is 1. The van der Waals surface area contributed by atoms with Crippen molar-refractivity contribution in [3.05, 3.63) is 60.4 Å². The SMILES string of the molecule is CCN(CCc1ccccn1)CC(O)COc1ccccc1. The Morgan fingerprint density at radius 3 is 2.59 bits per heavy atom. The number of aliphatic hydroxyl groups excluding tert-OH is 1. The third kappa shape index (κ3) is 5.84. The highest BCUT2D eigenvalue weighted by Crippen LogP contribution is 2.09. The van der Waals surface area contributed by atoms with Gasteiger partial charge < -0.3 is 14.7 Å².